The van der Waals surface area contributed by atoms with Crippen molar-refractivity contribution in [3.63, 3.8) is 0 Å². The molecule has 0 fully saturated rings. The van der Waals surface area contributed by atoms with Crippen molar-refractivity contribution in [2.24, 2.45) is 0 Å². The molecule has 3 aromatic carbocycles. The summed E-state index contributed by atoms with van der Waals surface area (Å²) in [5.41, 5.74) is 1.02. The Hall–Kier alpha value is -3.85. The van der Waals surface area contributed by atoms with Crippen LogP contribution < -0.4 is 15.0 Å². The Morgan fingerprint density at radius 2 is 1.49 bits per heavy atom. The average Bonchev–Trinajstić information content (AvgIpc) is 3.13. The lowest BCUT2D eigenvalue weighted by Gasteiger charge is -2.15. The van der Waals surface area contributed by atoms with Gasteiger partial charge in [-0.25, -0.2) is 14.5 Å². The van der Waals surface area contributed by atoms with Crippen molar-refractivity contribution >= 4 is 69.9 Å². The highest BCUT2D eigenvalue weighted by molar-refractivity contribution is 6.53. The van der Waals surface area contributed by atoms with Crippen molar-refractivity contribution in [2.45, 2.75) is 19.8 Å². The van der Waals surface area contributed by atoms with Gasteiger partial charge in [-0.05, 0) is 73.2 Å². The average molecular weight is 588 g/mol. The Bertz CT molecular complexity index is 1470. The van der Waals surface area contributed by atoms with E-state index in [2.05, 4.69) is 5.32 Å². The molecule has 0 saturated heterocycles. The number of unbranched alkanes of at least 4 members (excludes halogenated alkanes) is 1. The van der Waals surface area contributed by atoms with E-state index >= 15 is 0 Å². The summed E-state index contributed by atoms with van der Waals surface area (Å²) in [6.45, 7) is 2.30. The van der Waals surface area contributed by atoms with E-state index in [0.29, 0.717) is 22.9 Å². The van der Waals surface area contributed by atoms with Crippen molar-refractivity contribution in [3.05, 3.63) is 98.6 Å². The number of nitrogens with zero attached hydrogens (tertiary/aromatic N) is 1. The van der Waals surface area contributed by atoms with Crippen LogP contribution in [0.25, 0.3) is 0 Å². The summed E-state index contributed by atoms with van der Waals surface area (Å²) in [4.78, 5) is 51.4. The first-order valence-electron chi connectivity index (χ1n) is 11.8. The van der Waals surface area contributed by atoms with Gasteiger partial charge in [0.25, 0.3) is 11.8 Å². The molecule has 0 spiro atoms. The van der Waals surface area contributed by atoms with Gasteiger partial charge in [-0.3, -0.25) is 9.59 Å². The molecule has 8 nitrogen and oxygen atoms in total. The van der Waals surface area contributed by atoms with Crippen LogP contribution in [0.3, 0.4) is 0 Å². The molecule has 0 atom stereocenters. The Kier molecular flexibility index (Phi) is 8.91. The fourth-order valence-electron chi connectivity index (χ4n) is 3.54. The lowest BCUT2D eigenvalue weighted by molar-refractivity contribution is -0.120. The third-order valence-electron chi connectivity index (χ3n) is 5.61. The number of amides is 2. The number of imide groups is 1. The summed E-state index contributed by atoms with van der Waals surface area (Å²) >= 11 is 18.1. The molecular weight excluding hydrogens is 567 g/mol. The van der Waals surface area contributed by atoms with Gasteiger partial charge in [0, 0.05) is 10.7 Å². The van der Waals surface area contributed by atoms with Crippen molar-refractivity contribution in [1.82, 2.24) is 0 Å². The molecule has 1 aliphatic heterocycles. The van der Waals surface area contributed by atoms with E-state index in [-0.39, 0.29) is 32.8 Å². The van der Waals surface area contributed by atoms with Crippen LogP contribution in [0, 0.1) is 0 Å². The molecule has 0 bridgehead atoms. The van der Waals surface area contributed by atoms with Crippen LogP contribution in [0.5, 0.6) is 5.75 Å². The number of nitrogens with one attached hydrogen (secondary N) is 1. The van der Waals surface area contributed by atoms with Crippen molar-refractivity contribution < 1.29 is 28.7 Å². The minimum Gasteiger partial charge on any atom is -0.462 e. The summed E-state index contributed by atoms with van der Waals surface area (Å²) in [5, 5.41) is 3.12. The highest BCUT2D eigenvalue weighted by Crippen LogP contribution is 2.31. The van der Waals surface area contributed by atoms with E-state index in [1.165, 1.54) is 60.7 Å². The van der Waals surface area contributed by atoms with Crippen LogP contribution in [0.2, 0.25) is 10.0 Å². The fraction of sp³-hybridized carbons (Fsp3) is 0.143. The first kappa shape index (κ1) is 28.2. The van der Waals surface area contributed by atoms with Crippen LogP contribution in [0.4, 0.5) is 11.4 Å². The topological polar surface area (TPSA) is 102 Å². The molecule has 0 unspecified atom stereocenters. The summed E-state index contributed by atoms with van der Waals surface area (Å²) in [6, 6.07) is 16.3. The summed E-state index contributed by atoms with van der Waals surface area (Å²) in [7, 11) is 0. The molecule has 0 saturated carbocycles. The zero-order valence-electron chi connectivity index (χ0n) is 20.5. The Balaban J connectivity index is 1.42. The zero-order chi connectivity index (χ0) is 28.1. The molecule has 4 rings (SSSR count). The third kappa shape index (κ3) is 6.42. The first-order valence-corrected chi connectivity index (χ1v) is 12.9. The number of anilines is 2. The lowest BCUT2D eigenvalue weighted by Crippen LogP contribution is -2.32. The van der Waals surface area contributed by atoms with Crippen LogP contribution in [0.1, 0.15) is 40.5 Å². The van der Waals surface area contributed by atoms with Gasteiger partial charge in [-0.1, -0.05) is 48.1 Å². The molecule has 0 aromatic heterocycles. The smallest absolute Gasteiger partial charge is 0.343 e. The maximum atomic E-state index is 13.1. The Labute approximate surface area is 239 Å². The van der Waals surface area contributed by atoms with E-state index in [4.69, 9.17) is 44.3 Å². The zero-order valence-corrected chi connectivity index (χ0v) is 22.8. The van der Waals surface area contributed by atoms with Gasteiger partial charge >= 0.3 is 11.9 Å². The number of esters is 2. The normalized spacial score (nSPS) is 13.1. The Morgan fingerprint density at radius 1 is 0.846 bits per heavy atom. The van der Waals surface area contributed by atoms with Crippen LogP contribution >= 0.6 is 34.8 Å². The molecule has 3 aromatic rings. The summed E-state index contributed by atoms with van der Waals surface area (Å²) < 4.78 is 10.5. The number of rotatable bonds is 9. The van der Waals surface area contributed by atoms with Gasteiger partial charge in [-0.15, -0.1) is 0 Å². The number of hydrogen-bond donors (Lipinski definition) is 1. The number of ether oxygens (including phenoxy) is 2. The van der Waals surface area contributed by atoms with Gasteiger partial charge in [-0.2, -0.15) is 0 Å². The molecule has 0 aliphatic carbocycles. The molecule has 200 valence electrons. The monoisotopic (exact) mass is 586 g/mol. The molecule has 2 amide bonds. The second-order valence-corrected chi connectivity index (χ2v) is 9.56. The van der Waals surface area contributed by atoms with Gasteiger partial charge in [0.1, 0.15) is 16.5 Å². The lowest BCUT2D eigenvalue weighted by atomic mass is 10.2. The largest absolute Gasteiger partial charge is 0.462 e. The van der Waals surface area contributed by atoms with Gasteiger partial charge in [0.15, 0.2) is 0 Å². The number of carbonyl (C=O) groups is 4. The molecule has 1 aliphatic rings. The number of benzene rings is 3. The van der Waals surface area contributed by atoms with Crippen molar-refractivity contribution in [2.75, 3.05) is 16.8 Å². The predicted molar refractivity (Wildman–Crippen MR) is 148 cm³/mol. The van der Waals surface area contributed by atoms with Crippen LogP contribution in [-0.4, -0.2) is 30.4 Å². The van der Waals surface area contributed by atoms with Crippen LogP contribution in [-0.2, 0) is 14.3 Å². The van der Waals surface area contributed by atoms with Gasteiger partial charge in [0.2, 0.25) is 0 Å². The van der Waals surface area contributed by atoms with E-state index in [9.17, 15) is 19.2 Å². The molecule has 1 N–H and O–H groups in total. The van der Waals surface area contributed by atoms with Gasteiger partial charge in [0.05, 0.1) is 28.4 Å². The number of carbonyl (C=O) groups excluding carboxylic acids is 4. The minimum absolute atomic E-state index is 0.131. The van der Waals surface area contributed by atoms with Crippen LogP contribution in [0.15, 0.2) is 77.5 Å². The summed E-state index contributed by atoms with van der Waals surface area (Å²) in [6.07, 6.45) is 1.65. The van der Waals surface area contributed by atoms with E-state index in [1.54, 1.807) is 6.07 Å². The van der Waals surface area contributed by atoms with Gasteiger partial charge < -0.3 is 14.8 Å². The van der Waals surface area contributed by atoms with Crippen molar-refractivity contribution in [3.8, 4) is 5.75 Å². The standard InChI is InChI=1S/C28H21Cl3N2O6/c1-2-3-14-38-27(36)16-6-11-20(12-7-16)33-25(34)23(31)24(26(33)35)32-19-9-4-17(5-10-19)28(37)39-22-13-8-18(29)15-21(22)30/h4-13,15,32H,2-3,14H2,1H3. The highest BCUT2D eigenvalue weighted by Gasteiger charge is 2.39. The van der Waals surface area contributed by atoms with E-state index < -0.39 is 23.8 Å². The predicted octanol–water partition coefficient (Wildman–Crippen LogP) is 6.61. The third-order valence-corrected chi connectivity index (χ3v) is 6.49. The van der Waals surface area contributed by atoms with E-state index in [1.807, 2.05) is 6.92 Å². The maximum absolute atomic E-state index is 13.1. The first-order chi connectivity index (χ1) is 18.7. The fourth-order valence-corrected chi connectivity index (χ4v) is 4.20. The maximum Gasteiger partial charge on any atom is 0.343 e. The van der Waals surface area contributed by atoms with E-state index in [0.717, 1.165) is 17.7 Å². The highest BCUT2D eigenvalue weighted by atomic mass is 35.5. The number of halogens is 3. The summed E-state index contributed by atoms with van der Waals surface area (Å²) in [5.74, 6) is -2.39. The quantitative estimate of drug-likeness (QED) is 0.130. The minimum atomic E-state index is -0.720. The molecule has 11 heteroatoms. The SMILES string of the molecule is CCCCOC(=O)c1ccc(N2C(=O)C(Cl)=C(Nc3ccc(C(=O)Oc4ccc(Cl)cc4Cl)cc3)C2=O)cc1. The number of hydrogen-bond acceptors (Lipinski definition) is 7. The second-order valence-electron chi connectivity index (χ2n) is 8.34. The molecular formula is C28H21Cl3N2O6. The Morgan fingerprint density at radius 3 is 2.13 bits per heavy atom. The molecule has 1 heterocycles. The van der Waals surface area contributed by atoms with Crippen molar-refractivity contribution in [1.29, 1.82) is 0 Å². The molecule has 39 heavy (non-hydrogen) atoms. The second kappa shape index (κ2) is 12.3. The molecule has 0 radical (unpaired) electrons.